The van der Waals surface area contributed by atoms with Crippen molar-refractivity contribution in [2.75, 3.05) is 7.11 Å². The van der Waals surface area contributed by atoms with Crippen LogP contribution in [0.4, 0.5) is 0 Å². The highest BCUT2D eigenvalue weighted by molar-refractivity contribution is 7.80. The molecular formula is C10H8O2S2. The summed E-state index contributed by atoms with van der Waals surface area (Å²) in [4.78, 5) is 12.1. The Kier molecular flexibility index (Phi) is 2.48. The van der Waals surface area contributed by atoms with Crippen LogP contribution in [0.5, 0.6) is 5.75 Å². The standard InChI is InChI=1S/C10H8O2S2/c1-12-8-4-10-6(3-9(8)13)2-7(5-11)14-10/h2-5,13H,1H3. The molecule has 0 saturated heterocycles. The van der Waals surface area contributed by atoms with E-state index in [4.69, 9.17) is 4.74 Å². The van der Waals surface area contributed by atoms with Crippen molar-refractivity contribution in [2.24, 2.45) is 0 Å². The molecule has 1 aromatic carbocycles. The van der Waals surface area contributed by atoms with Crippen LogP contribution in [0.1, 0.15) is 9.67 Å². The van der Waals surface area contributed by atoms with E-state index in [2.05, 4.69) is 12.6 Å². The fraction of sp³-hybridized carbons (Fsp3) is 0.100. The van der Waals surface area contributed by atoms with Gasteiger partial charge in [0.2, 0.25) is 0 Å². The summed E-state index contributed by atoms with van der Waals surface area (Å²) in [6.45, 7) is 0. The summed E-state index contributed by atoms with van der Waals surface area (Å²) < 4.78 is 6.18. The molecule has 72 valence electrons. The highest BCUT2D eigenvalue weighted by Gasteiger charge is 2.05. The molecule has 0 unspecified atom stereocenters. The topological polar surface area (TPSA) is 26.3 Å². The van der Waals surface area contributed by atoms with Crippen LogP contribution >= 0.6 is 24.0 Å². The Balaban J connectivity index is 2.69. The molecule has 0 aliphatic rings. The first kappa shape index (κ1) is 9.55. The zero-order valence-corrected chi connectivity index (χ0v) is 9.19. The molecule has 0 spiro atoms. The molecule has 2 rings (SSSR count). The summed E-state index contributed by atoms with van der Waals surface area (Å²) in [5, 5.41) is 1.03. The van der Waals surface area contributed by atoms with Gasteiger partial charge in [-0.15, -0.1) is 24.0 Å². The molecule has 0 saturated carbocycles. The van der Waals surface area contributed by atoms with Gasteiger partial charge < -0.3 is 4.74 Å². The van der Waals surface area contributed by atoms with E-state index < -0.39 is 0 Å². The second-order valence-electron chi connectivity index (χ2n) is 2.83. The highest BCUT2D eigenvalue weighted by atomic mass is 32.1. The molecule has 1 heterocycles. The Labute approximate surface area is 90.9 Å². The van der Waals surface area contributed by atoms with Gasteiger partial charge in [-0.1, -0.05) is 0 Å². The number of carbonyl (C=O) groups excluding carboxylic acids is 1. The van der Waals surface area contributed by atoms with Gasteiger partial charge in [0.15, 0.2) is 6.29 Å². The SMILES string of the molecule is COc1cc2sc(C=O)cc2cc1S. The number of rotatable bonds is 2. The van der Waals surface area contributed by atoms with Crippen LogP contribution in [0, 0.1) is 0 Å². The van der Waals surface area contributed by atoms with E-state index >= 15 is 0 Å². The predicted octanol–water partition coefficient (Wildman–Crippen LogP) is 3.01. The minimum Gasteiger partial charge on any atom is -0.496 e. The lowest BCUT2D eigenvalue weighted by molar-refractivity contribution is 0.112. The van der Waals surface area contributed by atoms with Crippen molar-refractivity contribution in [3.05, 3.63) is 23.1 Å². The molecule has 2 aromatic rings. The lowest BCUT2D eigenvalue weighted by Crippen LogP contribution is -1.83. The molecule has 0 fully saturated rings. The van der Waals surface area contributed by atoms with Gasteiger partial charge in [0.05, 0.1) is 12.0 Å². The Bertz CT molecular complexity index is 488. The number of fused-ring (bicyclic) bond motifs is 1. The van der Waals surface area contributed by atoms with Gasteiger partial charge in [-0.25, -0.2) is 0 Å². The average Bonchev–Trinajstić information content (AvgIpc) is 2.58. The molecule has 0 amide bonds. The van der Waals surface area contributed by atoms with Gasteiger partial charge in [-0.05, 0) is 23.6 Å². The van der Waals surface area contributed by atoms with E-state index in [1.165, 1.54) is 11.3 Å². The molecule has 4 heteroatoms. The molecule has 14 heavy (non-hydrogen) atoms. The van der Waals surface area contributed by atoms with Gasteiger partial charge in [-0.3, -0.25) is 4.79 Å². The summed E-state index contributed by atoms with van der Waals surface area (Å²) >= 11 is 5.74. The smallest absolute Gasteiger partial charge is 0.160 e. The molecular weight excluding hydrogens is 216 g/mol. The van der Waals surface area contributed by atoms with Crippen molar-refractivity contribution in [3.63, 3.8) is 0 Å². The van der Waals surface area contributed by atoms with E-state index in [0.717, 1.165) is 31.9 Å². The van der Waals surface area contributed by atoms with Crippen molar-refractivity contribution in [2.45, 2.75) is 4.90 Å². The van der Waals surface area contributed by atoms with Crippen molar-refractivity contribution in [1.82, 2.24) is 0 Å². The number of thiophene rings is 1. The summed E-state index contributed by atoms with van der Waals surface area (Å²) in [6.07, 6.45) is 0.856. The molecule has 1 aromatic heterocycles. The van der Waals surface area contributed by atoms with Gasteiger partial charge in [0.25, 0.3) is 0 Å². The van der Waals surface area contributed by atoms with E-state index in [-0.39, 0.29) is 0 Å². The monoisotopic (exact) mass is 224 g/mol. The highest BCUT2D eigenvalue weighted by Crippen LogP contribution is 2.33. The summed E-state index contributed by atoms with van der Waals surface area (Å²) in [6, 6.07) is 5.66. The van der Waals surface area contributed by atoms with Crippen LogP contribution < -0.4 is 4.74 Å². The second kappa shape index (κ2) is 3.63. The summed E-state index contributed by atoms with van der Waals surface area (Å²) in [5.41, 5.74) is 0. The molecule has 0 atom stereocenters. The van der Waals surface area contributed by atoms with E-state index in [9.17, 15) is 4.79 Å². The van der Waals surface area contributed by atoms with Crippen LogP contribution in [-0.2, 0) is 0 Å². The number of hydrogen-bond donors (Lipinski definition) is 1. The average molecular weight is 224 g/mol. The van der Waals surface area contributed by atoms with E-state index in [1.807, 2.05) is 18.2 Å². The lowest BCUT2D eigenvalue weighted by atomic mass is 10.2. The number of ether oxygens (including phenoxy) is 1. The minimum absolute atomic E-state index is 0.723. The van der Waals surface area contributed by atoms with Crippen molar-refractivity contribution < 1.29 is 9.53 Å². The van der Waals surface area contributed by atoms with Gasteiger partial charge >= 0.3 is 0 Å². The quantitative estimate of drug-likeness (QED) is 0.627. The first-order valence-corrected chi connectivity index (χ1v) is 5.26. The first-order valence-electron chi connectivity index (χ1n) is 4.00. The van der Waals surface area contributed by atoms with Gasteiger partial charge in [0, 0.05) is 9.60 Å². The number of hydrogen-bond acceptors (Lipinski definition) is 4. The fourth-order valence-electron chi connectivity index (χ4n) is 1.30. The molecule has 0 radical (unpaired) electrons. The molecule has 0 aliphatic carbocycles. The third-order valence-electron chi connectivity index (χ3n) is 1.95. The molecule has 0 aliphatic heterocycles. The maximum atomic E-state index is 10.6. The summed E-state index contributed by atoms with van der Waals surface area (Å²) in [7, 11) is 1.61. The third-order valence-corrected chi connectivity index (χ3v) is 3.33. The Morgan fingerprint density at radius 1 is 1.43 bits per heavy atom. The van der Waals surface area contributed by atoms with Crippen LogP contribution in [0.2, 0.25) is 0 Å². The fourth-order valence-corrected chi connectivity index (χ4v) is 2.48. The number of benzene rings is 1. The largest absolute Gasteiger partial charge is 0.496 e. The zero-order chi connectivity index (χ0) is 10.1. The second-order valence-corrected chi connectivity index (χ2v) is 4.43. The van der Waals surface area contributed by atoms with Crippen LogP contribution in [-0.4, -0.2) is 13.4 Å². The number of methoxy groups -OCH3 is 1. The van der Waals surface area contributed by atoms with E-state index in [1.54, 1.807) is 7.11 Å². The minimum atomic E-state index is 0.723. The molecule has 2 nitrogen and oxygen atoms in total. The van der Waals surface area contributed by atoms with E-state index in [0.29, 0.717) is 0 Å². The Hall–Kier alpha value is -1.00. The van der Waals surface area contributed by atoms with Gasteiger partial charge in [0.1, 0.15) is 5.75 Å². The van der Waals surface area contributed by atoms with Crippen LogP contribution in [0.15, 0.2) is 23.1 Å². The van der Waals surface area contributed by atoms with Crippen molar-refractivity contribution in [1.29, 1.82) is 0 Å². The summed E-state index contributed by atoms with van der Waals surface area (Å²) in [5.74, 6) is 0.736. The zero-order valence-electron chi connectivity index (χ0n) is 7.48. The predicted molar refractivity (Wildman–Crippen MR) is 61.0 cm³/mol. The third kappa shape index (κ3) is 1.51. The Morgan fingerprint density at radius 3 is 2.86 bits per heavy atom. The van der Waals surface area contributed by atoms with Crippen LogP contribution in [0.25, 0.3) is 10.1 Å². The number of carbonyl (C=O) groups is 1. The van der Waals surface area contributed by atoms with Gasteiger partial charge in [-0.2, -0.15) is 0 Å². The molecule has 0 bridgehead atoms. The lowest BCUT2D eigenvalue weighted by Gasteiger charge is -2.02. The number of aldehydes is 1. The van der Waals surface area contributed by atoms with Crippen LogP contribution in [0.3, 0.4) is 0 Å². The van der Waals surface area contributed by atoms with Crippen molar-refractivity contribution in [3.8, 4) is 5.75 Å². The normalized spacial score (nSPS) is 10.4. The maximum absolute atomic E-state index is 10.6. The molecule has 0 N–H and O–H groups in total. The Morgan fingerprint density at radius 2 is 2.21 bits per heavy atom. The maximum Gasteiger partial charge on any atom is 0.160 e. The first-order chi connectivity index (χ1) is 6.74. The number of thiol groups is 1. The van der Waals surface area contributed by atoms with Crippen molar-refractivity contribution >= 4 is 40.3 Å².